The Morgan fingerprint density at radius 3 is 3.04 bits per heavy atom. The van der Waals surface area contributed by atoms with Gasteiger partial charge in [-0.15, -0.1) is 0 Å². The van der Waals surface area contributed by atoms with Gasteiger partial charge in [0.25, 0.3) is 0 Å². The molecule has 0 unspecified atom stereocenters. The molecule has 0 spiro atoms. The summed E-state index contributed by atoms with van der Waals surface area (Å²) >= 11 is 0. The van der Waals surface area contributed by atoms with Crippen LogP contribution >= 0.6 is 0 Å². The Morgan fingerprint density at radius 1 is 1.24 bits per heavy atom. The van der Waals surface area contributed by atoms with Crippen molar-refractivity contribution in [1.29, 1.82) is 0 Å². The number of benzene rings is 1. The molecule has 1 aliphatic heterocycles. The Kier molecular flexibility index (Phi) is 4.28. The van der Waals surface area contributed by atoms with E-state index in [0.29, 0.717) is 6.42 Å². The molecule has 4 rings (SSSR count). The summed E-state index contributed by atoms with van der Waals surface area (Å²) in [4.78, 5) is 13.2. The van der Waals surface area contributed by atoms with Gasteiger partial charge in [-0.05, 0) is 36.2 Å². The van der Waals surface area contributed by atoms with Crippen LogP contribution < -0.4 is 0 Å². The quantitative estimate of drug-likeness (QED) is 0.773. The molecule has 0 saturated heterocycles. The van der Waals surface area contributed by atoms with E-state index in [1.807, 2.05) is 16.8 Å². The summed E-state index contributed by atoms with van der Waals surface area (Å²) in [7, 11) is 0. The van der Waals surface area contributed by atoms with Gasteiger partial charge < -0.3 is 9.52 Å². The fraction of sp³-hybridized carbons (Fsp3) is 0.368. The van der Waals surface area contributed by atoms with Crippen LogP contribution in [0.25, 0.3) is 11.0 Å². The lowest BCUT2D eigenvalue weighted by atomic mass is 10.1. The van der Waals surface area contributed by atoms with E-state index in [0.717, 1.165) is 49.3 Å². The van der Waals surface area contributed by atoms with E-state index in [9.17, 15) is 4.79 Å². The molecule has 0 saturated carbocycles. The molecule has 0 fully saturated rings. The van der Waals surface area contributed by atoms with E-state index >= 15 is 0 Å². The molecule has 25 heavy (non-hydrogen) atoms. The van der Waals surface area contributed by atoms with Crippen LogP contribution in [0, 0.1) is 0 Å². The summed E-state index contributed by atoms with van der Waals surface area (Å²) in [6.07, 6.45) is 3.38. The van der Waals surface area contributed by atoms with Crippen LogP contribution in [-0.2, 0) is 30.8 Å². The van der Waals surface area contributed by atoms with Gasteiger partial charge in [-0.1, -0.05) is 6.07 Å². The van der Waals surface area contributed by atoms with Crippen LogP contribution in [0.4, 0.5) is 0 Å². The minimum absolute atomic E-state index is 0.130. The van der Waals surface area contributed by atoms with Crippen molar-refractivity contribution in [2.75, 3.05) is 6.54 Å². The minimum Gasteiger partial charge on any atom is -0.481 e. The van der Waals surface area contributed by atoms with E-state index < -0.39 is 5.97 Å². The van der Waals surface area contributed by atoms with Crippen molar-refractivity contribution in [1.82, 2.24) is 14.7 Å². The highest BCUT2D eigenvalue weighted by Crippen LogP contribution is 2.20. The average molecular weight is 339 g/mol. The van der Waals surface area contributed by atoms with Gasteiger partial charge in [0, 0.05) is 38.0 Å². The van der Waals surface area contributed by atoms with Crippen LogP contribution in [-0.4, -0.2) is 32.3 Å². The third-order valence-electron chi connectivity index (χ3n) is 4.66. The summed E-state index contributed by atoms with van der Waals surface area (Å²) in [5.41, 5.74) is 4.23. The molecule has 0 atom stereocenters. The first kappa shape index (κ1) is 15.9. The average Bonchev–Trinajstić information content (AvgIpc) is 3.15. The largest absolute Gasteiger partial charge is 0.481 e. The molecule has 0 radical (unpaired) electrons. The van der Waals surface area contributed by atoms with E-state index in [1.165, 1.54) is 11.3 Å². The Balaban J connectivity index is 1.47. The molecule has 1 N–H and O–H groups in total. The second-order valence-electron chi connectivity index (χ2n) is 6.60. The Bertz CT molecular complexity index is 896. The topological polar surface area (TPSA) is 71.5 Å². The zero-order valence-electron chi connectivity index (χ0n) is 14.0. The number of aromatic nitrogens is 2. The molecule has 0 aliphatic carbocycles. The predicted octanol–water partition coefficient (Wildman–Crippen LogP) is 3.05. The van der Waals surface area contributed by atoms with Crippen molar-refractivity contribution in [3.63, 3.8) is 0 Å². The van der Waals surface area contributed by atoms with Gasteiger partial charge in [-0.3, -0.25) is 14.4 Å². The Hall–Kier alpha value is -2.60. The lowest BCUT2D eigenvalue weighted by Crippen LogP contribution is -2.22. The van der Waals surface area contributed by atoms with Gasteiger partial charge in [0.05, 0.1) is 24.1 Å². The van der Waals surface area contributed by atoms with E-state index in [-0.39, 0.29) is 6.42 Å². The van der Waals surface area contributed by atoms with E-state index in [4.69, 9.17) is 9.52 Å². The maximum atomic E-state index is 10.8. The first-order valence-corrected chi connectivity index (χ1v) is 8.63. The second kappa shape index (κ2) is 6.72. The maximum absolute atomic E-state index is 10.8. The molecule has 3 aromatic rings. The molecular formula is C19H21N3O3. The van der Waals surface area contributed by atoms with Gasteiger partial charge in [-0.25, -0.2) is 0 Å². The van der Waals surface area contributed by atoms with Crippen molar-refractivity contribution in [2.45, 2.75) is 38.9 Å². The number of fused-ring (bicyclic) bond motifs is 2. The third kappa shape index (κ3) is 3.58. The summed E-state index contributed by atoms with van der Waals surface area (Å²) in [5.74, 6) is -0.778. The van der Waals surface area contributed by atoms with Gasteiger partial charge in [-0.2, -0.15) is 5.10 Å². The number of hydrogen-bond acceptors (Lipinski definition) is 4. The fourth-order valence-corrected chi connectivity index (χ4v) is 3.45. The van der Waals surface area contributed by atoms with Crippen LogP contribution in [0.5, 0.6) is 0 Å². The number of aryl methyl sites for hydroxylation is 2. The number of hydrogen-bond donors (Lipinski definition) is 1. The molecule has 1 aliphatic rings. The molecule has 6 heteroatoms. The van der Waals surface area contributed by atoms with Crippen molar-refractivity contribution >= 4 is 16.9 Å². The number of rotatable bonds is 5. The Morgan fingerprint density at radius 2 is 2.16 bits per heavy atom. The highest BCUT2D eigenvalue weighted by Gasteiger charge is 2.17. The molecule has 3 heterocycles. The second-order valence-corrected chi connectivity index (χ2v) is 6.60. The van der Waals surface area contributed by atoms with Gasteiger partial charge in [0.1, 0.15) is 5.58 Å². The molecule has 0 amide bonds. The van der Waals surface area contributed by atoms with Gasteiger partial charge in [0.2, 0.25) is 0 Å². The normalized spacial score (nSPS) is 15.2. The number of nitrogens with zero attached hydrogens (tertiary/aromatic N) is 3. The number of carboxylic acids is 1. The monoisotopic (exact) mass is 339 g/mol. The molecule has 6 nitrogen and oxygen atoms in total. The third-order valence-corrected chi connectivity index (χ3v) is 4.66. The van der Waals surface area contributed by atoms with Crippen molar-refractivity contribution in [2.24, 2.45) is 0 Å². The highest BCUT2D eigenvalue weighted by atomic mass is 16.4. The zero-order valence-corrected chi connectivity index (χ0v) is 14.0. The van der Waals surface area contributed by atoms with Crippen molar-refractivity contribution in [3.05, 3.63) is 53.5 Å². The van der Waals surface area contributed by atoms with Crippen LogP contribution in [0.1, 0.15) is 29.8 Å². The van der Waals surface area contributed by atoms with Crippen molar-refractivity contribution < 1.29 is 14.3 Å². The summed E-state index contributed by atoms with van der Waals surface area (Å²) in [6, 6.07) is 10.4. The summed E-state index contributed by atoms with van der Waals surface area (Å²) < 4.78 is 7.44. The van der Waals surface area contributed by atoms with Crippen LogP contribution in [0.2, 0.25) is 0 Å². The SMILES string of the molecule is O=C(O)CCc1cc2n(n1)CCCN(Cc1ccc3occc3c1)C2. The van der Waals surface area contributed by atoms with E-state index in [2.05, 4.69) is 28.2 Å². The van der Waals surface area contributed by atoms with Crippen molar-refractivity contribution in [3.8, 4) is 0 Å². The highest BCUT2D eigenvalue weighted by molar-refractivity contribution is 5.77. The number of furan rings is 1. The minimum atomic E-state index is -0.778. The first-order valence-electron chi connectivity index (χ1n) is 8.63. The molecule has 2 aromatic heterocycles. The fourth-order valence-electron chi connectivity index (χ4n) is 3.45. The number of carbonyl (C=O) groups is 1. The molecule has 130 valence electrons. The van der Waals surface area contributed by atoms with Gasteiger partial charge >= 0.3 is 5.97 Å². The zero-order chi connectivity index (χ0) is 17.2. The molecule has 0 bridgehead atoms. The smallest absolute Gasteiger partial charge is 0.303 e. The predicted molar refractivity (Wildman–Crippen MR) is 93.1 cm³/mol. The van der Waals surface area contributed by atoms with Gasteiger partial charge in [0.15, 0.2) is 0 Å². The molecular weight excluding hydrogens is 318 g/mol. The van der Waals surface area contributed by atoms with Crippen LogP contribution in [0.3, 0.4) is 0 Å². The lowest BCUT2D eigenvalue weighted by Gasteiger charge is -2.19. The maximum Gasteiger partial charge on any atom is 0.303 e. The Labute approximate surface area is 145 Å². The number of aliphatic carboxylic acids is 1. The van der Waals surface area contributed by atoms with E-state index in [1.54, 1.807) is 6.26 Å². The first-order chi connectivity index (χ1) is 12.2. The summed E-state index contributed by atoms with van der Waals surface area (Å²) in [5, 5.41) is 14.5. The lowest BCUT2D eigenvalue weighted by molar-refractivity contribution is -0.136. The molecule has 1 aromatic carbocycles. The summed E-state index contributed by atoms with van der Waals surface area (Å²) in [6.45, 7) is 3.64. The number of carboxylic acid groups (broad SMARTS) is 1. The standard InChI is InChI=1S/C19H21N3O3/c23-19(24)5-3-16-11-17-13-21(7-1-8-22(17)20-16)12-14-2-4-18-15(10-14)6-9-25-18/h2,4,6,9-11H,1,3,5,7-8,12-13H2,(H,23,24). The van der Waals surface area contributed by atoms with Crippen LogP contribution in [0.15, 0.2) is 41.0 Å².